The van der Waals surface area contributed by atoms with E-state index in [1.54, 1.807) is 0 Å². The van der Waals surface area contributed by atoms with E-state index >= 15 is 0 Å². The van der Waals surface area contributed by atoms with E-state index in [4.69, 9.17) is 11.6 Å². The highest BCUT2D eigenvalue weighted by Crippen LogP contribution is 2.32. The number of hydrogen-bond donors (Lipinski definition) is 1. The third kappa shape index (κ3) is 6.84. The van der Waals surface area contributed by atoms with Crippen LogP contribution in [-0.4, -0.2) is 13.1 Å². The fraction of sp³-hybridized carbons (Fsp3) is 0.684. The number of halogens is 1. The normalized spacial score (nSPS) is 14.1. The first kappa shape index (κ1) is 18.5. The third-order valence-corrected chi connectivity index (χ3v) is 4.67. The van der Waals surface area contributed by atoms with Crippen LogP contribution >= 0.6 is 11.6 Å². The molecule has 0 aliphatic rings. The van der Waals surface area contributed by atoms with E-state index in [-0.39, 0.29) is 0 Å². The lowest BCUT2D eigenvalue weighted by Crippen LogP contribution is -2.24. The van der Waals surface area contributed by atoms with Crippen LogP contribution in [0.2, 0.25) is 5.02 Å². The molecule has 1 rings (SSSR count). The first-order valence-corrected chi connectivity index (χ1v) is 9.05. The standard InChI is InChI=1S/C19H32ClN/c1-4-7-10-16(6-3)14-17(15-21-13-5-2)18-11-8-9-12-19(18)20/h8-9,11-12,16-17,21H,4-7,10,13-15H2,1-3H3. The van der Waals surface area contributed by atoms with Crippen molar-refractivity contribution in [1.82, 2.24) is 5.32 Å². The minimum atomic E-state index is 0.534. The molecule has 0 aromatic heterocycles. The molecule has 120 valence electrons. The molecule has 1 aromatic carbocycles. The van der Waals surface area contributed by atoms with Crippen LogP contribution in [0.1, 0.15) is 70.8 Å². The Labute approximate surface area is 136 Å². The Hall–Kier alpha value is -0.530. The monoisotopic (exact) mass is 309 g/mol. The van der Waals surface area contributed by atoms with Gasteiger partial charge in [-0.3, -0.25) is 0 Å². The van der Waals surface area contributed by atoms with Crippen molar-refractivity contribution in [3.8, 4) is 0 Å². The van der Waals surface area contributed by atoms with Gasteiger partial charge in [0.1, 0.15) is 0 Å². The lowest BCUT2D eigenvalue weighted by molar-refractivity contribution is 0.376. The predicted molar refractivity (Wildman–Crippen MR) is 95.3 cm³/mol. The molecule has 21 heavy (non-hydrogen) atoms. The van der Waals surface area contributed by atoms with Gasteiger partial charge in [-0.2, -0.15) is 0 Å². The zero-order valence-electron chi connectivity index (χ0n) is 14.0. The molecule has 0 aliphatic heterocycles. The van der Waals surface area contributed by atoms with E-state index in [9.17, 15) is 0 Å². The van der Waals surface area contributed by atoms with Gasteiger partial charge in [0.05, 0.1) is 0 Å². The fourth-order valence-electron chi connectivity index (χ4n) is 2.96. The molecule has 0 aliphatic carbocycles. The number of rotatable bonds is 11. The van der Waals surface area contributed by atoms with Crippen molar-refractivity contribution >= 4 is 11.6 Å². The Bertz CT molecular complexity index is 378. The van der Waals surface area contributed by atoms with Crippen LogP contribution in [0.3, 0.4) is 0 Å². The highest BCUT2D eigenvalue weighted by atomic mass is 35.5. The average molecular weight is 310 g/mol. The van der Waals surface area contributed by atoms with E-state index < -0.39 is 0 Å². The second-order valence-corrected chi connectivity index (χ2v) is 6.48. The lowest BCUT2D eigenvalue weighted by atomic mass is 9.85. The van der Waals surface area contributed by atoms with Crippen LogP contribution in [-0.2, 0) is 0 Å². The topological polar surface area (TPSA) is 12.0 Å². The van der Waals surface area contributed by atoms with Gasteiger partial charge in [-0.25, -0.2) is 0 Å². The molecule has 2 heteroatoms. The summed E-state index contributed by atoms with van der Waals surface area (Å²) in [6.07, 6.45) is 7.69. The van der Waals surface area contributed by atoms with Crippen molar-refractivity contribution in [3.05, 3.63) is 34.9 Å². The van der Waals surface area contributed by atoms with Gasteiger partial charge in [-0.15, -0.1) is 0 Å². The number of hydrogen-bond acceptors (Lipinski definition) is 1. The molecule has 1 N–H and O–H groups in total. The SMILES string of the molecule is CCCCC(CC)CC(CNCCC)c1ccccc1Cl. The van der Waals surface area contributed by atoms with Crippen molar-refractivity contribution in [2.45, 2.75) is 65.2 Å². The zero-order chi connectivity index (χ0) is 15.5. The van der Waals surface area contributed by atoms with Crippen LogP contribution in [0.25, 0.3) is 0 Å². The van der Waals surface area contributed by atoms with E-state index in [1.165, 1.54) is 44.1 Å². The average Bonchev–Trinajstić information content (AvgIpc) is 2.50. The Morgan fingerprint density at radius 2 is 1.86 bits per heavy atom. The summed E-state index contributed by atoms with van der Waals surface area (Å²) in [6.45, 7) is 8.95. The van der Waals surface area contributed by atoms with Crippen LogP contribution in [0.15, 0.2) is 24.3 Å². The van der Waals surface area contributed by atoms with E-state index in [0.717, 1.165) is 24.0 Å². The van der Waals surface area contributed by atoms with E-state index in [2.05, 4.69) is 38.2 Å². The van der Waals surface area contributed by atoms with Crippen molar-refractivity contribution in [2.75, 3.05) is 13.1 Å². The van der Waals surface area contributed by atoms with Crippen LogP contribution in [0, 0.1) is 5.92 Å². The van der Waals surface area contributed by atoms with Crippen molar-refractivity contribution in [3.63, 3.8) is 0 Å². The largest absolute Gasteiger partial charge is 0.316 e. The summed E-state index contributed by atoms with van der Waals surface area (Å²) in [5, 5.41) is 4.51. The Morgan fingerprint density at radius 1 is 1.10 bits per heavy atom. The van der Waals surface area contributed by atoms with Gasteiger partial charge in [-0.1, -0.05) is 76.3 Å². The maximum absolute atomic E-state index is 6.43. The van der Waals surface area contributed by atoms with Crippen LogP contribution < -0.4 is 5.32 Å². The number of benzene rings is 1. The summed E-state index contributed by atoms with van der Waals surface area (Å²) in [5.74, 6) is 1.35. The second-order valence-electron chi connectivity index (χ2n) is 6.07. The lowest BCUT2D eigenvalue weighted by Gasteiger charge is -2.24. The van der Waals surface area contributed by atoms with Gasteiger partial charge in [0.15, 0.2) is 0 Å². The van der Waals surface area contributed by atoms with Gasteiger partial charge in [0.25, 0.3) is 0 Å². The van der Waals surface area contributed by atoms with Crippen molar-refractivity contribution < 1.29 is 0 Å². The van der Waals surface area contributed by atoms with Crippen LogP contribution in [0.5, 0.6) is 0 Å². The minimum Gasteiger partial charge on any atom is -0.316 e. The van der Waals surface area contributed by atoms with E-state index in [1.807, 2.05) is 12.1 Å². The molecule has 1 aromatic rings. The van der Waals surface area contributed by atoms with Crippen molar-refractivity contribution in [2.24, 2.45) is 5.92 Å². The molecule has 0 radical (unpaired) electrons. The van der Waals surface area contributed by atoms with E-state index in [0.29, 0.717) is 5.92 Å². The third-order valence-electron chi connectivity index (χ3n) is 4.32. The smallest absolute Gasteiger partial charge is 0.0441 e. The molecule has 0 saturated heterocycles. The number of nitrogens with one attached hydrogen (secondary N) is 1. The van der Waals surface area contributed by atoms with Gasteiger partial charge in [-0.05, 0) is 42.9 Å². The Kier molecular flexibility index (Phi) is 9.78. The molecule has 0 spiro atoms. The minimum absolute atomic E-state index is 0.534. The highest BCUT2D eigenvalue weighted by Gasteiger charge is 2.18. The first-order valence-electron chi connectivity index (χ1n) is 8.67. The molecular formula is C19H32ClN. The highest BCUT2D eigenvalue weighted by molar-refractivity contribution is 6.31. The maximum Gasteiger partial charge on any atom is 0.0441 e. The summed E-state index contributed by atoms with van der Waals surface area (Å²) in [7, 11) is 0. The molecule has 0 saturated carbocycles. The maximum atomic E-state index is 6.43. The van der Waals surface area contributed by atoms with Gasteiger partial charge >= 0.3 is 0 Å². The van der Waals surface area contributed by atoms with Crippen LogP contribution in [0.4, 0.5) is 0 Å². The van der Waals surface area contributed by atoms with Gasteiger partial charge < -0.3 is 5.32 Å². The Balaban J connectivity index is 2.74. The number of unbranched alkanes of at least 4 members (excludes halogenated alkanes) is 1. The van der Waals surface area contributed by atoms with Gasteiger partial charge in [0, 0.05) is 11.6 Å². The summed E-state index contributed by atoms with van der Waals surface area (Å²) in [6, 6.07) is 8.36. The second kappa shape index (κ2) is 11.1. The summed E-state index contributed by atoms with van der Waals surface area (Å²) >= 11 is 6.43. The summed E-state index contributed by atoms with van der Waals surface area (Å²) in [4.78, 5) is 0. The molecule has 2 atom stereocenters. The zero-order valence-corrected chi connectivity index (χ0v) is 14.8. The molecule has 1 nitrogen and oxygen atoms in total. The molecule has 0 bridgehead atoms. The molecule has 2 unspecified atom stereocenters. The molecular weight excluding hydrogens is 278 g/mol. The molecule has 0 amide bonds. The van der Waals surface area contributed by atoms with Crippen molar-refractivity contribution in [1.29, 1.82) is 0 Å². The fourth-order valence-corrected chi connectivity index (χ4v) is 3.25. The Morgan fingerprint density at radius 3 is 2.48 bits per heavy atom. The summed E-state index contributed by atoms with van der Waals surface area (Å²) < 4.78 is 0. The molecule has 0 heterocycles. The molecule has 0 fully saturated rings. The first-order chi connectivity index (χ1) is 10.2. The van der Waals surface area contributed by atoms with Gasteiger partial charge in [0.2, 0.25) is 0 Å². The predicted octanol–water partition coefficient (Wildman–Crippen LogP) is 6.03. The summed E-state index contributed by atoms with van der Waals surface area (Å²) in [5.41, 5.74) is 1.32. The quantitative estimate of drug-likeness (QED) is 0.492.